The van der Waals surface area contributed by atoms with Crippen molar-refractivity contribution in [3.63, 3.8) is 0 Å². The Kier molecular flexibility index (Phi) is 6.18. The lowest BCUT2D eigenvalue weighted by atomic mass is 9.94. The number of hydrogen-bond donors (Lipinski definition) is 1. The maximum atomic E-state index is 12.8. The van der Waals surface area contributed by atoms with Crippen LogP contribution in [-0.4, -0.2) is 10.9 Å². The number of rotatable bonds is 7. The predicted octanol–water partition coefficient (Wildman–Crippen LogP) is 5.89. The summed E-state index contributed by atoms with van der Waals surface area (Å²) in [6.45, 7) is 4.25. The molecule has 0 saturated heterocycles. The maximum Gasteiger partial charge on any atom is 0.233 e. The summed E-state index contributed by atoms with van der Waals surface area (Å²) in [6, 6.07) is 18.4. The minimum absolute atomic E-state index is 0.0141. The number of benzene rings is 2. The van der Waals surface area contributed by atoms with E-state index in [1.54, 1.807) is 0 Å². The summed E-state index contributed by atoms with van der Waals surface area (Å²) in [5, 5.41) is 5.65. The van der Waals surface area contributed by atoms with Crippen LogP contribution in [0.25, 0.3) is 11.3 Å². The smallest absolute Gasteiger partial charge is 0.233 e. The minimum Gasteiger partial charge on any atom is -0.301 e. The van der Waals surface area contributed by atoms with Gasteiger partial charge in [0.25, 0.3) is 0 Å². The predicted molar refractivity (Wildman–Crippen MR) is 110 cm³/mol. The van der Waals surface area contributed by atoms with E-state index in [1.807, 2.05) is 35.7 Å². The highest BCUT2D eigenvalue weighted by Crippen LogP contribution is 2.28. The van der Waals surface area contributed by atoms with Crippen molar-refractivity contribution in [1.29, 1.82) is 0 Å². The van der Waals surface area contributed by atoms with Crippen molar-refractivity contribution in [2.24, 2.45) is 0 Å². The molecule has 0 unspecified atom stereocenters. The third-order valence-electron chi connectivity index (χ3n) is 4.49. The Morgan fingerprint density at radius 3 is 2.46 bits per heavy atom. The Morgan fingerprint density at radius 1 is 1.08 bits per heavy atom. The molecule has 134 valence electrons. The molecule has 0 radical (unpaired) electrons. The maximum absolute atomic E-state index is 12.8. The second kappa shape index (κ2) is 8.77. The highest BCUT2D eigenvalue weighted by Gasteiger charge is 2.20. The van der Waals surface area contributed by atoms with Crippen molar-refractivity contribution in [3.05, 3.63) is 71.1 Å². The monoisotopic (exact) mass is 364 g/mol. The number of carbonyl (C=O) groups is 1. The van der Waals surface area contributed by atoms with E-state index in [1.165, 1.54) is 16.9 Å². The molecule has 3 nitrogen and oxygen atoms in total. The number of anilines is 1. The fourth-order valence-corrected chi connectivity index (χ4v) is 3.71. The summed E-state index contributed by atoms with van der Waals surface area (Å²) < 4.78 is 0. The number of carbonyl (C=O) groups excluding carboxylic acids is 1. The van der Waals surface area contributed by atoms with E-state index in [0.29, 0.717) is 5.13 Å². The van der Waals surface area contributed by atoms with E-state index in [4.69, 9.17) is 0 Å². The number of nitrogens with one attached hydrogen (secondary N) is 1. The SMILES string of the molecule is CCC[C@@H](C(=O)Nc1nc(-c2ccc(CC)cc2)cs1)c1ccccc1. The van der Waals surface area contributed by atoms with Gasteiger partial charge in [-0.15, -0.1) is 11.3 Å². The van der Waals surface area contributed by atoms with Crippen molar-refractivity contribution in [3.8, 4) is 11.3 Å². The van der Waals surface area contributed by atoms with Gasteiger partial charge in [0.1, 0.15) is 0 Å². The number of thiazole rings is 1. The van der Waals surface area contributed by atoms with Gasteiger partial charge in [-0.25, -0.2) is 4.98 Å². The molecule has 1 aromatic heterocycles. The van der Waals surface area contributed by atoms with Crippen molar-refractivity contribution >= 4 is 22.4 Å². The first-order valence-corrected chi connectivity index (χ1v) is 9.99. The molecule has 1 heterocycles. The number of aryl methyl sites for hydroxylation is 1. The van der Waals surface area contributed by atoms with E-state index < -0.39 is 0 Å². The minimum atomic E-state index is -0.141. The van der Waals surface area contributed by atoms with Crippen molar-refractivity contribution < 1.29 is 4.79 Å². The highest BCUT2D eigenvalue weighted by molar-refractivity contribution is 7.14. The fourth-order valence-electron chi connectivity index (χ4n) is 2.99. The first-order valence-electron chi connectivity index (χ1n) is 9.12. The van der Waals surface area contributed by atoms with Crippen LogP contribution in [0.1, 0.15) is 43.7 Å². The molecule has 3 aromatic rings. The molecule has 1 atom stereocenters. The van der Waals surface area contributed by atoms with E-state index in [-0.39, 0.29) is 11.8 Å². The van der Waals surface area contributed by atoms with Gasteiger partial charge in [-0.05, 0) is 24.0 Å². The van der Waals surface area contributed by atoms with Crippen molar-refractivity contribution in [2.45, 2.75) is 39.0 Å². The van der Waals surface area contributed by atoms with Gasteiger partial charge < -0.3 is 5.32 Å². The molecular formula is C22H24N2OS. The number of hydrogen-bond acceptors (Lipinski definition) is 3. The van der Waals surface area contributed by atoms with Gasteiger partial charge >= 0.3 is 0 Å². The zero-order valence-corrected chi connectivity index (χ0v) is 16.1. The van der Waals surface area contributed by atoms with E-state index in [9.17, 15) is 4.79 Å². The highest BCUT2D eigenvalue weighted by atomic mass is 32.1. The van der Waals surface area contributed by atoms with E-state index >= 15 is 0 Å². The number of aromatic nitrogens is 1. The van der Waals surface area contributed by atoms with Crippen LogP contribution >= 0.6 is 11.3 Å². The average molecular weight is 365 g/mol. The van der Waals surface area contributed by atoms with Gasteiger partial charge in [0, 0.05) is 10.9 Å². The largest absolute Gasteiger partial charge is 0.301 e. The molecule has 4 heteroatoms. The Morgan fingerprint density at radius 2 is 1.81 bits per heavy atom. The van der Waals surface area contributed by atoms with Gasteiger partial charge in [-0.2, -0.15) is 0 Å². The van der Waals surface area contributed by atoms with Crippen LogP contribution in [0.5, 0.6) is 0 Å². The molecule has 1 N–H and O–H groups in total. The van der Waals surface area contributed by atoms with Gasteiger partial charge in [-0.1, -0.05) is 74.9 Å². The topological polar surface area (TPSA) is 42.0 Å². The lowest BCUT2D eigenvalue weighted by Gasteiger charge is -2.15. The molecule has 0 aliphatic rings. The van der Waals surface area contributed by atoms with E-state index in [0.717, 1.165) is 36.1 Å². The number of nitrogens with zero attached hydrogens (tertiary/aromatic N) is 1. The molecule has 1 amide bonds. The second-order valence-electron chi connectivity index (χ2n) is 6.33. The van der Waals surface area contributed by atoms with Crippen LogP contribution in [-0.2, 0) is 11.2 Å². The van der Waals surface area contributed by atoms with Crippen LogP contribution < -0.4 is 5.32 Å². The van der Waals surface area contributed by atoms with Gasteiger partial charge in [0.2, 0.25) is 5.91 Å². The fraction of sp³-hybridized carbons (Fsp3) is 0.273. The van der Waals surface area contributed by atoms with Crippen LogP contribution in [0.4, 0.5) is 5.13 Å². The zero-order valence-electron chi connectivity index (χ0n) is 15.2. The van der Waals surface area contributed by atoms with Crippen molar-refractivity contribution in [1.82, 2.24) is 4.98 Å². The standard InChI is InChI=1S/C22H24N2OS/c1-3-8-19(17-9-6-5-7-10-17)21(25)24-22-23-20(15-26-22)18-13-11-16(4-2)12-14-18/h5-7,9-15,19H,3-4,8H2,1-2H3,(H,23,24,25)/t19-/m1/s1. The molecule has 2 aromatic carbocycles. The van der Waals surface area contributed by atoms with Crippen LogP contribution in [0.3, 0.4) is 0 Å². The quantitative estimate of drug-likeness (QED) is 0.567. The lowest BCUT2D eigenvalue weighted by molar-refractivity contribution is -0.117. The first-order chi connectivity index (χ1) is 12.7. The molecule has 0 fully saturated rings. The lowest BCUT2D eigenvalue weighted by Crippen LogP contribution is -2.21. The normalized spacial score (nSPS) is 11.9. The average Bonchev–Trinajstić information content (AvgIpc) is 3.15. The van der Waals surface area contributed by atoms with Gasteiger partial charge in [-0.3, -0.25) is 4.79 Å². The zero-order chi connectivity index (χ0) is 18.4. The van der Waals surface area contributed by atoms with Gasteiger partial charge in [0.15, 0.2) is 5.13 Å². The van der Waals surface area contributed by atoms with Crippen LogP contribution in [0.2, 0.25) is 0 Å². The summed E-state index contributed by atoms with van der Waals surface area (Å²) >= 11 is 1.47. The summed E-state index contributed by atoms with van der Waals surface area (Å²) in [7, 11) is 0. The molecule has 0 aliphatic carbocycles. The Hall–Kier alpha value is -2.46. The Balaban J connectivity index is 1.73. The Bertz CT molecular complexity index is 840. The first kappa shape index (κ1) is 18.3. The summed E-state index contributed by atoms with van der Waals surface area (Å²) in [5.74, 6) is -0.127. The molecule has 3 rings (SSSR count). The summed E-state index contributed by atoms with van der Waals surface area (Å²) in [5.41, 5.74) is 4.34. The summed E-state index contributed by atoms with van der Waals surface area (Å²) in [6.07, 6.45) is 2.81. The van der Waals surface area contributed by atoms with Crippen molar-refractivity contribution in [2.75, 3.05) is 5.32 Å². The molecule has 0 aliphatic heterocycles. The molecule has 0 bridgehead atoms. The Labute approximate surface area is 159 Å². The summed E-state index contributed by atoms with van der Waals surface area (Å²) in [4.78, 5) is 17.4. The van der Waals surface area contributed by atoms with Crippen LogP contribution in [0.15, 0.2) is 60.0 Å². The molecule has 0 saturated carbocycles. The molecular weight excluding hydrogens is 340 g/mol. The van der Waals surface area contributed by atoms with Gasteiger partial charge in [0.05, 0.1) is 11.6 Å². The number of amides is 1. The second-order valence-corrected chi connectivity index (χ2v) is 7.19. The third kappa shape index (κ3) is 4.38. The third-order valence-corrected chi connectivity index (χ3v) is 5.25. The molecule has 0 spiro atoms. The van der Waals surface area contributed by atoms with E-state index in [2.05, 4.69) is 48.4 Å². The molecule has 26 heavy (non-hydrogen) atoms. The van der Waals surface area contributed by atoms with Crippen LogP contribution in [0, 0.1) is 0 Å².